The predicted octanol–water partition coefficient (Wildman–Crippen LogP) is 0.363. The fourth-order valence-corrected chi connectivity index (χ4v) is 1.61. The van der Waals surface area contributed by atoms with E-state index < -0.39 is 0 Å². The fourth-order valence-electron chi connectivity index (χ4n) is 1.61. The minimum atomic E-state index is 0.199. The van der Waals surface area contributed by atoms with Crippen LogP contribution in [-0.2, 0) is 9.53 Å². The van der Waals surface area contributed by atoms with Gasteiger partial charge < -0.3 is 15.4 Å². The molecule has 0 saturated carbocycles. The molecule has 4 nitrogen and oxygen atoms in total. The zero-order valence-corrected chi connectivity index (χ0v) is 8.87. The van der Waals surface area contributed by atoms with Gasteiger partial charge in [0.2, 0.25) is 5.91 Å². The van der Waals surface area contributed by atoms with Crippen LogP contribution in [-0.4, -0.2) is 43.2 Å². The van der Waals surface area contributed by atoms with Gasteiger partial charge in [-0.25, -0.2) is 0 Å². The number of rotatable bonds is 4. The topological polar surface area (TPSA) is 55.6 Å². The third-order valence-corrected chi connectivity index (χ3v) is 2.56. The number of hydrogen-bond donors (Lipinski definition) is 1. The maximum absolute atomic E-state index is 11.6. The second-order valence-electron chi connectivity index (χ2n) is 3.67. The SMILES string of the molecule is CCOCCC(=O)N1CCC(N)CC1. The van der Waals surface area contributed by atoms with E-state index >= 15 is 0 Å². The molecule has 1 saturated heterocycles. The normalized spacial score (nSPS) is 18.6. The van der Waals surface area contributed by atoms with Crippen molar-refractivity contribution in [1.82, 2.24) is 4.90 Å². The molecule has 1 aliphatic rings. The van der Waals surface area contributed by atoms with Gasteiger partial charge in [0, 0.05) is 25.7 Å². The smallest absolute Gasteiger partial charge is 0.224 e. The van der Waals surface area contributed by atoms with E-state index in [9.17, 15) is 4.79 Å². The second-order valence-corrected chi connectivity index (χ2v) is 3.67. The first kappa shape index (κ1) is 11.5. The Hall–Kier alpha value is -0.610. The monoisotopic (exact) mass is 200 g/mol. The fraction of sp³-hybridized carbons (Fsp3) is 0.900. The summed E-state index contributed by atoms with van der Waals surface area (Å²) in [6, 6.07) is 0.283. The number of nitrogens with zero attached hydrogens (tertiary/aromatic N) is 1. The van der Waals surface area contributed by atoms with Gasteiger partial charge in [-0.15, -0.1) is 0 Å². The highest BCUT2D eigenvalue weighted by atomic mass is 16.5. The first-order valence-corrected chi connectivity index (χ1v) is 5.35. The summed E-state index contributed by atoms with van der Waals surface area (Å²) in [6.07, 6.45) is 2.36. The van der Waals surface area contributed by atoms with E-state index in [0.29, 0.717) is 19.6 Å². The van der Waals surface area contributed by atoms with E-state index in [0.717, 1.165) is 25.9 Å². The van der Waals surface area contributed by atoms with Gasteiger partial charge in [0.15, 0.2) is 0 Å². The number of ether oxygens (including phenoxy) is 1. The van der Waals surface area contributed by atoms with Crippen LogP contribution < -0.4 is 5.73 Å². The van der Waals surface area contributed by atoms with Gasteiger partial charge >= 0.3 is 0 Å². The van der Waals surface area contributed by atoms with Crippen LogP contribution in [0.3, 0.4) is 0 Å². The molecule has 0 bridgehead atoms. The summed E-state index contributed by atoms with van der Waals surface area (Å²) < 4.78 is 5.14. The van der Waals surface area contributed by atoms with Crippen molar-refractivity contribution in [3.8, 4) is 0 Å². The zero-order valence-electron chi connectivity index (χ0n) is 8.87. The lowest BCUT2D eigenvalue weighted by molar-refractivity contribution is -0.133. The van der Waals surface area contributed by atoms with Crippen molar-refractivity contribution in [1.29, 1.82) is 0 Å². The summed E-state index contributed by atoms with van der Waals surface area (Å²) in [6.45, 7) is 4.78. The van der Waals surface area contributed by atoms with E-state index in [1.54, 1.807) is 0 Å². The molecule has 1 rings (SSSR count). The Bertz CT molecular complexity index is 177. The molecule has 0 aromatic heterocycles. The summed E-state index contributed by atoms with van der Waals surface area (Å²) in [5, 5.41) is 0. The highest BCUT2D eigenvalue weighted by molar-refractivity contribution is 5.76. The highest BCUT2D eigenvalue weighted by Crippen LogP contribution is 2.09. The quantitative estimate of drug-likeness (QED) is 0.667. The standard InChI is InChI=1S/C10H20N2O2/c1-2-14-8-5-10(13)12-6-3-9(11)4-7-12/h9H,2-8,11H2,1H3. The van der Waals surface area contributed by atoms with Crippen molar-refractivity contribution < 1.29 is 9.53 Å². The van der Waals surface area contributed by atoms with Gasteiger partial charge in [-0.05, 0) is 19.8 Å². The van der Waals surface area contributed by atoms with Crippen LogP contribution in [0.15, 0.2) is 0 Å². The average molecular weight is 200 g/mol. The van der Waals surface area contributed by atoms with Gasteiger partial charge in [-0.1, -0.05) is 0 Å². The third kappa shape index (κ3) is 3.64. The molecule has 0 aromatic rings. The van der Waals surface area contributed by atoms with Crippen LogP contribution in [0.2, 0.25) is 0 Å². The number of hydrogen-bond acceptors (Lipinski definition) is 3. The Morgan fingerprint density at radius 2 is 2.14 bits per heavy atom. The van der Waals surface area contributed by atoms with Gasteiger partial charge in [0.25, 0.3) is 0 Å². The summed E-state index contributed by atoms with van der Waals surface area (Å²) in [4.78, 5) is 13.5. The summed E-state index contributed by atoms with van der Waals surface area (Å²) >= 11 is 0. The minimum Gasteiger partial charge on any atom is -0.381 e. The van der Waals surface area contributed by atoms with Crippen LogP contribution in [0.5, 0.6) is 0 Å². The Labute approximate surface area is 85.4 Å². The van der Waals surface area contributed by atoms with E-state index in [1.807, 2.05) is 11.8 Å². The van der Waals surface area contributed by atoms with Crippen molar-refractivity contribution in [2.45, 2.75) is 32.2 Å². The predicted molar refractivity (Wildman–Crippen MR) is 54.9 cm³/mol. The van der Waals surface area contributed by atoms with E-state index in [4.69, 9.17) is 10.5 Å². The molecule has 1 fully saturated rings. The molecule has 0 atom stereocenters. The van der Waals surface area contributed by atoms with E-state index in [-0.39, 0.29) is 11.9 Å². The van der Waals surface area contributed by atoms with E-state index in [1.165, 1.54) is 0 Å². The Balaban J connectivity index is 2.17. The molecule has 4 heteroatoms. The van der Waals surface area contributed by atoms with Crippen molar-refractivity contribution >= 4 is 5.91 Å². The van der Waals surface area contributed by atoms with Gasteiger partial charge in [0.1, 0.15) is 0 Å². The number of carbonyl (C=O) groups excluding carboxylic acids is 1. The lowest BCUT2D eigenvalue weighted by atomic mass is 10.1. The molecule has 0 spiro atoms. The maximum Gasteiger partial charge on any atom is 0.224 e. The molecule has 2 N–H and O–H groups in total. The third-order valence-electron chi connectivity index (χ3n) is 2.56. The first-order chi connectivity index (χ1) is 6.74. The van der Waals surface area contributed by atoms with E-state index in [2.05, 4.69) is 0 Å². The van der Waals surface area contributed by atoms with Crippen LogP contribution in [0.4, 0.5) is 0 Å². The Morgan fingerprint density at radius 3 is 2.71 bits per heavy atom. The molecule has 1 heterocycles. The summed E-state index contributed by atoms with van der Waals surface area (Å²) in [5.41, 5.74) is 5.76. The zero-order chi connectivity index (χ0) is 10.4. The van der Waals surface area contributed by atoms with Gasteiger partial charge in [-0.2, -0.15) is 0 Å². The lowest BCUT2D eigenvalue weighted by Crippen LogP contribution is -2.43. The molecule has 0 radical (unpaired) electrons. The van der Waals surface area contributed by atoms with Crippen molar-refractivity contribution in [2.24, 2.45) is 5.73 Å². The number of piperidine rings is 1. The Kier molecular flexibility index (Phi) is 4.90. The Morgan fingerprint density at radius 1 is 1.50 bits per heavy atom. The molecule has 1 aliphatic heterocycles. The summed E-state index contributed by atoms with van der Waals surface area (Å²) in [7, 11) is 0. The van der Waals surface area contributed by atoms with Gasteiger partial charge in [0.05, 0.1) is 13.0 Å². The molecule has 1 amide bonds. The minimum absolute atomic E-state index is 0.199. The molecule has 14 heavy (non-hydrogen) atoms. The average Bonchev–Trinajstić information content (AvgIpc) is 2.19. The molecular weight excluding hydrogens is 180 g/mol. The molecule has 82 valence electrons. The van der Waals surface area contributed by atoms with Crippen LogP contribution in [0.1, 0.15) is 26.2 Å². The summed E-state index contributed by atoms with van der Waals surface area (Å²) in [5.74, 6) is 0.199. The molecule has 0 aromatic carbocycles. The number of amides is 1. The van der Waals surface area contributed by atoms with Crippen molar-refractivity contribution in [3.05, 3.63) is 0 Å². The molecular formula is C10H20N2O2. The largest absolute Gasteiger partial charge is 0.381 e. The van der Waals surface area contributed by atoms with Crippen LogP contribution in [0, 0.1) is 0 Å². The van der Waals surface area contributed by atoms with Gasteiger partial charge in [-0.3, -0.25) is 4.79 Å². The molecule has 0 aliphatic carbocycles. The lowest BCUT2D eigenvalue weighted by Gasteiger charge is -2.30. The van der Waals surface area contributed by atoms with Crippen LogP contribution >= 0.6 is 0 Å². The first-order valence-electron chi connectivity index (χ1n) is 5.35. The number of nitrogens with two attached hydrogens (primary N) is 1. The van der Waals surface area contributed by atoms with Crippen LogP contribution in [0.25, 0.3) is 0 Å². The second kappa shape index (κ2) is 5.98. The molecule has 0 unspecified atom stereocenters. The number of likely N-dealkylation sites (tertiary alicyclic amines) is 1. The van der Waals surface area contributed by atoms with Crippen molar-refractivity contribution in [3.63, 3.8) is 0 Å². The highest BCUT2D eigenvalue weighted by Gasteiger charge is 2.19. The van der Waals surface area contributed by atoms with Crippen molar-refractivity contribution in [2.75, 3.05) is 26.3 Å². The maximum atomic E-state index is 11.6. The number of carbonyl (C=O) groups is 1.